The first-order valence-electron chi connectivity index (χ1n) is 8.35. The molecule has 2 rings (SSSR count). The fourth-order valence-corrected chi connectivity index (χ4v) is 3.80. The van der Waals surface area contributed by atoms with Gasteiger partial charge in [-0.25, -0.2) is 0 Å². The molecule has 1 amide bonds. The van der Waals surface area contributed by atoms with Gasteiger partial charge in [0.25, 0.3) is 5.91 Å². The zero-order valence-corrected chi connectivity index (χ0v) is 18.1. The molecule has 0 spiro atoms. The molecule has 0 fully saturated rings. The minimum atomic E-state index is -0.538. The number of carbonyl (C=O) groups excluding carboxylic acids is 1. The van der Waals surface area contributed by atoms with E-state index in [4.69, 9.17) is 0 Å². The van der Waals surface area contributed by atoms with Crippen molar-refractivity contribution < 1.29 is 9.90 Å². The van der Waals surface area contributed by atoms with Crippen molar-refractivity contribution >= 4 is 55.2 Å². The molecule has 0 radical (unpaired) electrons. The molecule has 2 aromatic carbocycles. The predicted octanol–water partition coefficient (Wildman–Crippen LogP) is 5.31. The maximum atomic E-state index is 12.4. The first-order chi connectivity index (χ1) is 12.9. The Morgan fingerprint density at radius 2 is 1.85 bits per heavy atom. The molecular formula is C20H19Br2N3O2. The number of rotatable bonds is 6. The predicted molar refractivity (Wildman–Crippen MR) is 116 cm³/mol. The quantitative estimate of drug-likeness (QED) is 0.423. The lowest BCUT2D eigenvalue weighted by Gasteiger charge is -2.21. The second-order valence-corrected chi connectivity index (χ2v) is 7.44. The fraction of sp³-hybridized carbons (Fsp3) is 0.200. The average molecular weight is 493 g/mol. The Kier molecular flexibility index (Phi) is 7.45. The summed E-state index contributed by atoms with van der Waals surface area (Å²) in [6.45, 7) is 5.96. The second kappa shape index (κ2) is 9.58. The molecule has 0 aromatic heterocycles. The van der Waals surface area contributed by atoms with E-state index < -0.39 is 5.91 Å². The van der Waals surface area contributed by atoms with Crippen LogP contribution < -0.4 is 10.2 Å². The summed E-state index contributed by atoms with van der Waals surface area (Å²) in [6, 6.07) is 12.6. The number of halogens is 2. The van der Waals surface area contributed by atoms with Gasteiger partial charge in [0.15, 0.2) is 0 Å². The van der Waals surface area contributed by atoms with Gasteiger partial charge >= 0.3 is 0 Å². The molecule has 0 unspecified atom stereocenters. The van der Waals surface area contributed by atoms with Crippen LogP contribution in [-0.4, -0.2) is 24.1 Å². The Balaban J connectivity index is 2.22. The van der Waals surface area contributed by atoms with Crippen LogP contribution in [0.5, 0.6) is 5.75 Å². The molecule has 5 nitrogen and oxygen atoms in total. The first kappa shape index (κ1) is 21.0. The Hall–Kier alpha value is -2.30. The Morgan fingerprint density at radius 1 is 1.22 bits per heavy atom. The standard InChI is InChI=1S/C20H19Br2N3O2/c1-3-25(4-2)17-7-5-16(6-8-17)24-20(27)14(12-23)9-13-10-15(21)11-18(22)19(13)26/h5-11,26H,3-4H2,1-2H3,(H,24,27)/b14-9-. The minimum Gasteiger partial charge on any atom is -0.506 e. The number of phenols is 1. The Morgan fingerprint density at radius 3 is 2.41 bits per heavy atom. The molecule has 2 aromatic rings. The van der Waals surface area contributed by atoms with Crippen molar-refractivity contribution in [1.82, 2.24) is 0 Å². The molecule has 0 aliphatic heterocycles. The number of nitrogens with one attached hydrogen (secondary N) is 1. The lowest BCUT2D eigenvalue weighted by molar-refractivity contribution is -0.112. The third kappa shape index (κ3) is 5.34. The number of anilines is 2. The molecule has 140 valence electrons. The highest BCUT2D eigenvalue weighted by atomic mass is 79.9. The van der Waals surface area contributed by atoms with E-state index in [0.717, 1.165) is 18.8 Å². The molecule has 0 heterocycles. The van der Waals surface area contributed by atoms with Gasteiger partial charge in [-0.1, -0.05) is 15.9 Å². The molecule has 0 atom stereocenters. The summed E-state index contributed by atoms with van der Waals surface area (Å²) in [5.74, 6) is -0.578. The van der Waals surface area contributed by atoms with Gasteiger partial charge in [-0.3, -0.25) is 4.79 Å². The van der Waals surface area contributed by atoms with Crippen molar-refractivity contribution in [1.29, 1.82) is 5.26 Å². The third-order valence-electron chi connectivity index (χ3n) is 3.98. The Labute approximate surface area is 175 Å². The summed E-state index contributed by atoms with van der Waals surface area (Å²) in [7, 11) is 0. The zero-order valence-electron chi connectivity index (χ0n) is 15.0. The smallest absolute Gasteiger partial charge is 0.266 e. The zero-order chi connectivity index (χ0) is 20.0. The van der Waals surface area contributed by atoms with Gasteiger partial charge in [0.2, 0.25) is 0 Å². The second-order valence-electron chi connectivity index (χ2n) is 5.67. The summed E-state index contributed by atoms with van der Waals surface area (Å²) < 4.78 is 1.18. The van der Waals surface area contributed by atoms with E-state index in [-0.39, 0.29) is 11.3 Å². The lowest BCUT2D eigenvalue weighted by Crippen LogP contribution is -2.21. The topological polar surface area (TPSA) is 76.4 Å². The van der Waals surface area contributed by atoms with Crippen molar-refractivity contribution in [3.05, 3.63) is 56.5 Å². The van der Waals surface area contributed by atoms with Crippen LogP contribution in [0.2, 0.25) is 0 Å². The lowest BCUT2D eigenvalue weighted by atomic mass is 10.1. The van der Waals surface area contributed by atoms with Crippen molar-refractivity contribution in [2.24, 2.45) is 0 Å². The van der Waals surface area contributed by atoms with Crippen LogP contribution in [0.4, 0.5) is 11.4 Å². The van der Waals surface area contributed by atoms with Crippen LogP contribution in [0.15, 0.2) is 50.9 Å². The molecule has 2 N–H and O–H groups in total. The number of phenolic OH excluding ortho intramolecular Hbond substituents is 1. The maximum Gasteiger partial charge on any atom is 0.266 e. The monoisotopic (exact) mass is 491 g/mol. The number of benzene rings is 2. The van der Waals surface area contributed by atoms with Gasteiger partial charge in [0, 0.05) is 34.5 Å². The molecule has 0 saturated carbocycles. The highest BCUT2D eigenvalue weighted by molar-refractivity contribution is 9.11. The minimum absolute atomic E-state index is 0.0395. The number of amides is 1. The molecule has 27 heavy (non-hydrogen) atoms. The summed E-state index contributed by atoms with van der Waals surface area (Å²) in [6.07, 6.45) is 1.35. The number of carbonyl (C=O) groups is 1. The number of nitrogens with zero attached hydrogens (tertiary/aromatic N) is 2. The van der Waals surface area contributed by atoms with Crippen LogP contribution in [-0.2, 0) is 4.79 Å². The SMILES string of the molecule is CCN(CC)c1ccc(NC(=O)/C(C#N)=C\c2cc(Br)cc(Br)c2O)cc1. The van der Waals surface area contributed by atoms with E-state index in [2.05, 4.69) is 55.9 Å². The van der Waals surface area contributed by atoms with Gasteiger partial charge in [0.1, 0.15) is 17.4 Å². The Bertz CT molecular complexity index is 899. The number of hydrogen-bond acceptors (Lipinski definition) is 4. The van der Waals surface area contributed by atoms with Crippen LogP contribution in [0.3, 0.4) is 0 Å². The molecule has 0 aliphatic rings. The van der Waals surface area contributed by atoms with Crippen molar-refractivity contribution in [3.8, 4) is 11.8 Å². The van der Waals surface area contributed by atoms with Crippen molar-refractivity contribution in [2.45, 2.75) is 13.8 Å². The third-order valence-corrected chi connectivity index (χ3v) is 5.04. The van der Waals surface area contributed by atoms with Gasteiger partial charge in [0.05, 0.1) is 4.47 Å². The summed E-state index contributed by atoms with van der Waals surface area (Å²) in [5, 5.41) is 22.2. The molecular weight excluding hydrogens is 474 g/mol. The average Bonchev–Trinajstić information content (AvgIpc) is 2.65. The largest absolute Gasteiger partial charge is 0.506 e. The van der Waals surface area contributed by atoms with E-state index in [9.17, 15) is 15.2 Å². The molecule has 7 heteroatoms. The highest BCUT2D eigenvalue weighted by Crippen LogP contribution is 2.33. The fourth-order valence-electron chi connectivity index (χ4n) is 2.54. The number of aromatic hydroxyl groups is 1. The highest BCUT2D eigenvalue weighted by Gasteiger charge is 2.13. The van der Waals surface area contributed by atoms with Crippen molar-refractivity contribution in [3.63, 3.8) is 0 Å². The first-order valence-corrected chi connectivity index (χ1v) is 9.94. The summed E-state index contributed by atoms with van der Waals surface area (Å²) in [5.41, 5.74) is 1.91. The number of hydrogen-bond donors (Lipinski definition) is 2. The van der Waals surface area contributed by atoms with Gasteiger partial charge in [-0.05, 0) is 72.3 Å². The van der Waals surface area contributed by atoms with Crippen LogP contribution in [0, 0.1) is 11.3 Å². The van der Waals surface area contributed by atoms with Crippen LogP contribution in [0.1, 0.15) is 19.4 Å². The molecule has 0 aliphatic carbocycles. The maximum absolute atomic E-state index is 12.4. The van der Waals surface area contributed by atoms with Gasteiger partial charge in [-0.15, -0.1) is 0 Å². The van der Waals surface area contributed by atoms with Gasteiger partial charge in [-0.2, -0.15) is 5.26 Å². The molecule has 0 bridgehead atoms. The van der Waals surface area contributed by atoms with Crippen LogP contribution >= 0.6 is 31.9 Å². The van der Waals surface area contributed by atoms with E-state index in [0.29, 0.717) is 20.2 Å². The summed E-state index contributed by atoms with van der Waals surface area (Å²) >= 11 is 6.56. The van der Waals surface area contributed by atoms with Gasteiger partial charge < -0.3 is 15.3 Å². The van der Waals surface area contributed by atoms with Crippen LogP contribution in [0.25, 0.3) is 6.08 Å². The van der Waals surface area contributed by atoms with E-state index >= 15 is 0 Å². The van der Waals surface area contributed by atoms with Crippen molar-refractivity contribution in [2.75, 3.05) is 23.3 Å². The summed E-state index contributed by atoms with van der Waals surface area (Å²) in [4.78, 5) is 14.6. The van der Waals surface area contributed by atoms with E-state index in [1.807, 2.05) is 18.2 Å². The number of nitriles is 1. The van der Waals surface area contributed by atoms with E-state index in [1.54, 1.807) is 24.3 Å². The normalized spacial score (nSPS) is 11.0. The molecule has 0 saturated heterocycles. The van der Waals surface area contributed by atoms with E-state index in [1.165, 1.54) is 6.08 Å².